The predicted octanol–water partition coefficient (Wildman–Crippen LogP) is 3.06. The van der Waals surface area contributed by atoms with E-state index in [-0.39, 0.29) is 23.9 Å². The second-order valence-corrected chi connectivity index (χ2v) is 5.54. The standard InChI is InChI=1S/C19H21NO3/c1-2-17(12-14-6-4-3-5-7-14)20-18(21)13-15-8-10-16(11-9-15)19(22)23/h3-11,17H,2,12-13H2,1H3,(H,20,21)(H,22,23). The smallest absolute Gasteiger partial charge is 0.335 e. The summed E-state index contributed by atoms with van der Waals surface area (Å²) < 4.78 is 0. The molecular formula is C19H21NO3. The van der Waals surface area contributed by atoms with E-state index >= 15 is 0 Å². The first-order valence-electron chi connectivity index (χ1n) is 7.74. The van der Waals surface area contributed by atoms with Gasteiger partial charge in [-0.2, -0.15) is 0 Å². The van der Waals surface area contributed by atoms with Crippen molar-refractivity contribution in [3.05, 3.63) is 71.3 Å². The summed E-state index contributed by atoms with van der Waals surface area (Å²) in [5.41, 5.74) is 2.23. The highest BCUT2D eigenvalue weighted by atomic mass is 16.4. The van der Waals surface area contributed by atoms with Crippen molar-refractivity contribution in [3.8, 4) is 0 Å². The number of carboxylic acid groups (broad SMARTS) is 1. The van der Waals surface area contributed by atoms with Crippen LogP contribution in [0.25, 0.3) is 0 Å². The third-order valence-corrected chi connectivity index (χ3v) is 3.75. The van der Waals surface area contributed by atoms with Crippen LogP contribution < -0.4 is 5.32 Å². The molecule has 1 atom stereocenters. The predicted molar refractivity (Wildman–Crippen MR) is 89.5 cm³/mol. The molecule has 1 amide bonds. The van der Waals surface area contributed by atoms with Crippen LogP contribution in [0.1, 0.15) is 34.8 Å². The van der Waals surface area contributed by atoms with Gasteiger partial charge in [0.2, 0.25) is 5.91 Å². The third kappa shape index (κ3) is 5.25. The van der Waals surface area contributed by atoms with Crippen molar-refractivity contribution >= 4 is 11.9 Å². The first kappa shape index (κ1) is 16.7. The van der Waals surface area contributed by atoms with Crippen LogP contribution in [-0.4, -0.2) is 23.0 Å². The van der Waals surface area contributed by atoms with Crippen LogP contribution in [0.15, 0.2) is 54.6 Å². The molecule has 0 saturated heterocycles. The molecule has 2 N–H and O–H groups in total. The fraction of sp³-hybridized carbons (Fsp3) is 0.263. The lowest BCUT2D eigenvalue weighted by Gasteiger charge is -2.17. The van der Waals surface area contributed by atoms with Gasteiger partial charge in [-0.25, -0.2) is 4.79 Å². The number of carbonyl (C=O) groups is 2. The summed E-state index contributed by atoms with van der Waals surface area (Å²) in [6.07, 6.45) is 1.92. The monoisotopic (exact) mass is 311 g/mol. The van der Waals surface area contributed by atoms with E-state index in [2.05, 4.69) is 24.4 Å². The van der Waals surface area contributed by atoms with Gasteiger partial charge in [-0.05, 0) is 36.1 Å². The van der Waals surface area contributed by atoms with Gasteiger partial charge in [0.25, 0.3) is 0 Å². The van der Waals surface area contributed by atoms with Gasteiger partial charge >= 0.3 is 5.97 Å². The van der Waals surface area contributed by atoms with Crippen LogP contribution in [0.4, 0.5) is 0 Å². The van der Waals surface area contributed by atoms with Gasteiger partial charge in [0.05, 0.1) is 12.0 Å². The van der Waals surface area contributed by atoms with Gasteiger partial charge in [-0.1, -0.05) is 49.4 Å². The van der Waals surface area contributed by atoms with Crippen molar-refractivity contribution in [3.63, 3.8) is 0 Å². The largest absolute Gasteiger partial charge is 0.478 e. The summed E-state index contributed by atoms with van der Waals surface area (Å²) in [5.74, 6) is -1.01. The number of hydrogen-bond donors (Lipinski definition) is 2. The highest BCUT2D eigenvalue weighted by Crippen LogP contribution is 2.08. The summed E-state index contributed by atoms with van der Waals surface area (Å²) in [5, 5.41) is 11.9. The Morgan fingerprint density at radius 1 is 1.00 bits per heavy atom. The van der Waals surface area contributed by atoms with Crippen molar-refractivity contribution < 1.29 is 14.7 Å². The fourth-order valence-corrected chi connectivity index (χ4v) is 2.43. The third-order valence-electron chi connectivity index (χ3n) is 3.75. The van der Waals surface area contributed by atoms with E-state index in [0.29, 0.717) is 0 Å². The fourth-order valence-electron chi connectivity index (χ4n) is 2.43. The van der Waals surface area contributed by atoms with E-state index < -0.39 is 5.97 Å². The molecule has 2 rings (SSSR count). The van der Waals surface area contributed by atoms with E-state index in [1.807, 2.05) is 18.2 Å². The van der Waals surface area contributed by atoms with E-state index in [9.17, 15) is 9.59 Å². The van der Waals surface area contributed by atoms with E-state index in [1.165, 1.54) is 17.7 Å². The molecular weight excluding hydrogens is 290 g/mol. The van der Waals surface area contributed by atoms with Gasteiger partial charge in [-0.15, -0.1) is 0 Å². The Morgan fingerprint density at radius 2 is 1.65 bits per heavy atom. The molecule has 2 aromatic rings. The summed E-state index contributed by atoms with van der Waals surface area (Å²) in [6, 6.07) is 16.6. The topological polar surface area (TPSA) is 66.4 Å². The van der Waals surface area contributed by atoms with Gasteiger partial charge in [-0.3, -0.25) is 4.79 Å². The lowest BCUT2D eigenvalue weighted by atomic mass is 10.0. The molecule has 4 heteroatoms. The Bertz CT molecular complexity index is 650. The molecule has 0 aliphatic rings. The quantitative estimate of drug-likeness (QED) is 0.826. The number of carbonyl (C=O) groups excluding carboxylic acids is 1. The first-order valence-corrected chi connectivity index (χ1v) is 7.74. The van der Waals surface area contributed by atoms with Crippen molar-refractivity contribution in [1.29, 1.82) is 0 Å². The van der Waals surface area contributed by atoms with E-state index in [4.69, 9.17) is 5.11 Å². The van der Waals surface area contributed by atoms with Crippen LogP contribution in [0.5, 0.6) is 0 Å². The van der Waals surface area contributed by atoms with Crippen molar-refractivity contribution in [1.82, 2.24) is 5.32 Å². The number of rotatable bonds is 7. The zero-order valence-electron chi connectivity index (χ0n) is 13.2. The van der Waals surface area contributed by atoms with Crippen LogP contribution in [0.3, 0.4) is 0 Å². The highest BCUT2D eigenvalue weighted by molar-refractivity contribution is 5.87. The molecule has 1 unspecified atom stereocenters. The van der Waals surface area contributed by atoms with Crippen molar-refractivity contribution in [2.45, 2.75) is 32.2 Å². The van der Waals surface area contributed by atoms with Crippen LogP contribution in [-0.2, 0) is 17.6 Å². The minimum absolute atomic E-state index is 0.0455. The first-order chi connectivity index (χ1) is 11.1. The van der Waals surface area contributed by atoms with E-state index in [0.717, 1.165) is 18.4 Å². The summed E-state index contributed by atoms with van der Waals surface area (Å²) in [6.45, 7) is 2.05. The highest BCUT2D eigenvalue weighted by Gasteiger charge is 2.12. The van der Waals surface area contributed by atoms with Gasteiger partial charge in [0.15, 0.2) is 0 Å². The Balaban J connectivity index is 1.90. The Morgan fingerprint density at radius 3 is 2.22 bits per heavy atom. The molecule has 0 spiro atoms. The lowest BCUT2D eigenvalue weighted by molar-refractivity contribution is -0.121. The summed E-state index contributed by atoms with van der Waals surface area (Å²) in [7, 11) is 0. The molecule has 0 heterocycles. The Hall–Kier alpha value is -2.62. The van der Waals surface area contributed by atoms with Gasteiger partial charge in [0.1, 0.15) is 0 Å². The van der Waals surface area contributed by atoms with Gasteiger partial charge < -0.3 is 10.4 Å². The van der Waals surface area contributed by atoms with Gasteiger partial charge in [0, 0.05) is 6.04 Å². The average molecular weight is 311 g/mol. The van der Waals surface area contributed by atoms with Crippen LogP contribution >= 0.6 is 0 Å². The molecule has 0 saturated carbocycles. The normalized spacial score (nSPS) is 11.7. The molecule has 0 fully saturated rings. The minimum Gasteiger partial charge on any atom is -0.478 e. The zero-order chi connectivity index (χ0) is 16.7. The van der Waals surface area contributed by atoms with Crippen molar-refractivity contribution in [2.24, 2.45) is 0 Å². The average Bonchev–Trinajstić information content (AvgIpc) is 2.55. The number of nitrogens with one attached hydrogen (secondary N) is 1. The molecule has 120 valence electrons. The summed E-state index contributed by atoms with van der Waals surface area (Å²) >= 11 is 0. The molecule has 0 aromatic heterocycles. The number of hydrogen-bond acceptors (Lipinski definition) is 2. The Kier molecular flexibility index (Phi) is 5.92. The van der Waals surface area contributed by atoms with Crippen LogP contribution in [0, 0.1) is 0 Å². The second-order valence-electron chi connectivity index (χ2n) is 5.54. The maximum absolute atomic E-state index is 12.2. The lowest BCUT2D eigenvalue weighted by Crippen LogP contribution is -2.36. The van der Waals surface area contributed by atoms with E-state index in [1.54, 1.807) is 12.1 Å². The zero-order valence-corrected chi connectivity index (χ0v) is 13.2. The molecule has 4 nitrogen and oxygen atoms in total. The number of aromatic carboxylic acids is 1. The number of carboxylic acids is 1. The maximum atomic E-state index is 12.2. The maximum Gasteiger partial charge on any atom is 0.335 e. The Labute approximate surface area is 136 Å². The summed E-state index contributed by atoms with van der Waals surface area (Å²) in [4.78, 5) is 23.0. The second kappa shape index (κ2) is 8.13. The molecule has 0 radical (unpaired) electrons. The molecule has 0 aliphatic carbocycles. The molecule has 2 aromatic carbocycles. The number of benzene rings is 2. The van der Waals surface area contributed by atoms with Crippen LogP contribution in [0.2, 0.25) is 0 Å². The molecule has 0 aliphatic heterocycles. The minimum atomic E-state index is -0.963. The van der Waals surface area contributed by atoms with Crippen molar-refractivity contribution in [2.75, 3.05) is 0 Å². The molecule has 23 heavy (non-hydrogen) atoms. The molecule has 0 bridgehead atoms. The number of amides is 1. The SMILES string of the molecule is CCC(Cc1ccccc1)NC(=O)Cc1ccc(C(=O)O)cc1.